The number of hydrogen-bond donors (Lipinski definition) is 1. The molecule has 1 aliphatic heterocycles. The summed E-state index contributed by atoms with van der Waals surface area (Å²) in [5.41, 5.74) is 0. The Bertz CT molecular complexity index is 282. The molecule has 0 radical (unpaired) electrons. The van der Waals surface area contributed by atoms with Crippen molar-refractivity contribution < 1.29 is 19.4 Å². The van der Waals surface area contributed by atoms with Crippen molar-refractivity contribution >= 4 is 5.97 Å². The van der Waals surface area contributed by atoms with Crippen LogP contribution < -0.4 is 0 Å². The largest absolute Gasteiger partial charge is 0.479 e. The number of rotatable bonds is 5. The maximum Gasteiger partial charge on any atom is 0.334 e. The fourth-order valence-corrected chi connectivity index (χ4v) is 3.02. The van der Waals surface area contributed by atoms with Gasteiger partial charge in [0.05, 0.1) is 12.7 Å². The van der Waals surface area contributed by atoms with Crippen molar-refractivity contribution in [3.8, 4) is 0 Å². The third kappa shape index (κ3) is 3.22. The summed E-state index contributed by atoms with van der Waals surface area (Å²) in [5.74, 6) is -0.865. The Kier molecular flexibility index (Phi) is 4.97. The molecule has 1 aliphatic carbocycles. The quantitative estimate of drug-likeness (QED) is 0.799. The van der Waals surface area contributed by atoms with Crippen molar-refractivity contribution in [3.05, 3.63) is 0 Å². The third-order valence-electron chi connectivity index (χ3n) is 3.89. The summed E-state index contributed by atoms with van der Waals surface area (Å²) in [6.07, 6.45) is 4.24. The lowest BCUT2D eigenvalue weighted by molar-refractivity contribution is -0.155. The predicted molar refractivity (Wildman–Crippen MR) is 66.6 cm³/mol. The molecule has 1 heterocycles. The molecule has 2 rings (SSSR count). The van der Waals surface area contributed by atoms with E-state index in [1.165, 1.54) is 12.8 Å². The Morgan fingerprint density at radius 1 is 1.50 bits per heavy atom. The van der Waals surface area contributed by atoms with Gasteiger partial charge in [-0.05, 0) is 19.8 Å². The predicted octanol–water partition coefficient (Wildman–Crippen LogP) is 1.12. The number of carbonyl (C=O) groups is 1. The molecule has 2 fully saturated rings. The first-order valence-corrected chi connectivity index (χ1v) is 6.92. The minimum atomic E-state index is -0.865. The van der Waals surface area contributed by atoms with E-state index in [1.54, 1.807) is 0 Å². The van der Waals surface area contributed by atoms with E-state index < -0.39 is 12.1 Å². The van der Waals surface area contributed by atoms with Gasteiger partial charge in [0.1, 0.15) is 0 Å². The average Bonchev–Trinajstić information content (AvgIpc) is 2.38. The number of ether oxygens (including phenoxy) is 2. The molecule has 3 unspecified atom stereocenters. The first kappa shape index (κ1) is 13.8. The molecule has 1 saturated heterocycles. The highest BCUT2D eigenvalue weighted by Gasteiger charge is 2.36. The first-order valence-electron chi connectivity index (χ1n) is 6.92. The van der Waals surface area contributed by atoms with Gasteiger partial charge >= 0.3 is 5.97 Å². The zero-order valence-electron chi connectivity index (χ0n) is 11.0. The highest BCUT2D eigenvalue weighted by Crippen LogP contribution is 2.28. The Morgan fingerprint density at radius 3 is 3.00 bits per heavy atom. The standard InChI is InChI=1S/C13H23NO4/c1-2-17-12(13(15)16)9-14-7-8-18-11-6-4-3-5-10(11)14/h10-12H,2-9H2,1H3,(H,15,16). The molecule has 0 bridgehead atoms. The van der Waals surface area contributed by atoms with Gasteiger partial charge in [0.15, 0.2) is 6.10 Å². The molecule has 5 heteroatoms. The zero-order valence-corrected chi connectivity index (χ0v) is 11.0. The molecule has 5 nitrogen and oxygen atoms in total. The van der Waals surface area contributed by atoms with E-state index in [-0.39, 0.29) is 0 Å². The summed E-state index contributed by atoms with van der Waals surface area (Å²) in [7, 11) is 0. The van der Waals surface area contributed by atoms with Gasteiger partial charge in [0.2, 0.25) is 0 Å². The maximum absolute atomic E-state index is 11.1. The molecular weight excluding hydrogens is 234 g/mol. The van der Waals surface area contributed by atoms with Gasteiger partial charge in [-0.15, -0.1) is 0 Å². The molecule has 1 saturated carbocycles. The molecule has 2 aliphatic rings. The topological polar surface area (TPSA) is 59.0 Å². The molecule has 0 aromatic heterocycles. The minimum Gasteiger partial charge on any atom is -0.479 e. The summed E-state index contributed by atoms with van der Waals surface area (Å²) in [5, 5.41) is 9.15. The number of aliphatic carboxylic acids is 1. The fourth-order valence-electron chi connectivity index (χ4n) is 3.02. The molecule has 3 atom stereocenters. The lowest BCUT2D eigenvalue weighted by atomic mass is 9.90. The number of morpholine rings is 1. The van der Waals surface area contributed by atoms with Gasteiger partial charge < -0.3 is 14.6 Å². The molecular formula is C13H23NO4. The summed E-state index contributed by atoms with van der Waals surface area (Å²) in [6.45, 7) is 4.28. The lowest BCUT2D eigenvalue weighted by Crippen LogP contribution is -2.55. The van der Waals surface area contributed by atoms with E-state index in [0.717, 1.165) is 19.4 Å². The van der Waals surface area contributed by atoms with Crippen molar-refractivity contribution in [2.45, 2.75) is 50.9 Å². The zero-order chi connectivity index (χ0) is 13.0. The first-order chi connectivity index (χ1) is 8.72. The van der Waals surface area contributed by atoms with Gasteiger partial charge in [-0.2, -0.15) is 0 Å². The Hall–Kier alpha value is -0.650. The molecule has 18 heavy (non-hydrogen) atoms. The lowest BCUT2D eigenvalue weighted by Gasteiger charge is -2.44. The molecule has 0 spiro atoms. The van der Waals surface area contributed by atoms with Crippen LogP contribution >= 0.6 is 0 Å². The van der Waals surface area contributed by atoms with Crippen LogP contribution in [0.4, 0.5) is 0 Å². The minimum absolute atomic E-state index is 0.295. The molecule has 0 aromatic carbocycles. The second-order valence-electron chi connectivity index (χ2n) is 5.04. The second kappa shape index (κ2) is 6.50. The number of fused-ring (bicyclic) bond motifs is 1. The van der Waals surface area contributed by atoms with E-state index >= 15 is 0 Å². The van der Waals surface area contributed by atoms with E-state index in [9.17, 15) is 4.79 Å². The van der Waals surface area contributed by atoms with Crippen LogP contribution in [0.1, 0.15) is 32.6 Å². The van der Waals surface area contributed by atoms with Crippen molar-refractivity contribution in [3.63, 3.8) is 0 Å². The van der Waals surface area contributed by atoms with Crippen molar-refractivity contribution in [1.82, 2.24) is 4.90 Å². The van der Waals surface area contributed by atoms with Crippen LogP contribution in [0.3, 0.4) is 0 Å². The van der Waals surface area contributed by atoms with Gasteiger partial charge in [0, 0.05) is 25.7 Å². The average molecular weight is 257 g/mol. The Labute approximate surface area is 108 Å². The summed E-state index contributed by atoms with van der Waals surface area (Å²) in [6, 6.07) is 0.384. The summed E-state index contributed by atoms with van der Waals surface area (Å²) in [4.78, 5) is 13.4. The van der Waals surface area contributed by atoms with Crippen LogP contribution in [0.15, 0.2) is 0 Å². The molecule has 0 amide bonds. The van der Waals surface area contributed by atoms with Gasteiger partial charge in [-0.3, -0.25) is 4.90 Å². The number of nitrogens with zero attached hydrogens (tertiary/aromatic N) is 1. The van der Waals surface area contributed by atoms with E-state index in [2.05, 4.69) is 4.90 Å². The van der Waals surface area contributed by atoms with Gasteiger partial charge in [-0.1, -0.05) is 12.8 Å². The molecule has 1 N–H and O–H groups in total. The Balaban J connectivity index is 1.95. The SMILES string of the molecule is CCOC(CN1CCOC2CCCCC21)C(=O)O. The summed E-state index contributed by atoms with van der Waals surface area (Å²) >= 11 is 0. The fraction of sp³-hybridized carbons (Fsp3) is 0.923. The number of carboxylic acid groups (broad SMARTS) is 1. The van der Waals surface area contributed by atoms with E-state index in [0.29, 0.717) is 31.9 Å². The molecule has 104 valence electrons. The number of carboxylic acids is 1. The van der Waals surface area contributed by atoms with Crippen molar-refractivity contribution in [2.75, 3.05) is 26.3 Å². The van der Waals surface area contributed by atoms with Crippen molar-refractivity contribution in [2.24, 2.45) is 0 Å². The second-order valence-corrected chi connectivity index (χ2v) is 5.04. The van der Waals surface area contributed by atoms with Crippen LogP contribution in [0.25, 0.3) is 0 Å². The van der Waals surface area contributed by atoms with Gasteiger partial charge in [0.25, 0.3) is 0 Å². The highest BCUT2D eigenvalue weighted by molar-refractivity contribution is 5.72. The molecule has 0 aromatic rings. The van der Waals surface area contributed by atoms with Crippen LogP contribution in [0.5, 0.6) is 0 Å². The van der Waals surface area contributed by atoms with Gasteiger partial charge in [-0.25, -0.2) is 4.79 Å². The van der Waals surface area contributed by atoms with Crippen molar-refractivity contribution in [1.29, 1.82) is 0 Å². The third-order valence-corrected chi connectivity index (χ3v) is 3.89. The van der Waals surface area contributed by atoms with Crippen LogP contribution in [-0.4, -0.2) is 60.5 Å². The van der Waals surface area contributed by atoms with E-state index in [1.807, 2.05) is 6.92 Å². The number of hydrogen-bond acceptors (Lipinski definition) is 4. The monoisotopic (exact) mass is 257 g/mol. The van der Waals surface area contributed by atoms with Crippen LogP contribution in [0.2, 0.25) is 0 Å². The summed E-state index contributed by atoms with van der Waals surface area (Å²) < 4.78 is 11.1. The maximum atomic E-state index is 11.1. The Morgan fingerprint density at radius 2 is 2.28 bits per heavy atom. The smallest absolute Gasteiger partial charge is 0.334 e. The van der Waals surface area contributed by atoms with Crippen LogP contribution in [0, 0.1) is 0 Å². The normalized spacial score (nSPS) is 30.7. The van der Waals surface area contributed by atoms with E-state index in [4.69, 9.17) is 14.6 Å². The highest BCUT2D eigenvalue weighted by atomic mass is 16.5. The van der Waals surface area contributed by atoms with Crippen LogP contribution in [-0.2, 0) is 14.3 Å².